The van der Waals surface area contributed by atoms with Gasteiger partial charge in [0.15, 0.2) is 16.6 Å². The van der Waals surface area contributed by atoms with Gasteiger partial charge in [0.1, 0.15) is 12.3 Å². The number of carbonyl (C=O) groups is 1. The minimum atomic E-state index is -0.125. The minimum absolute atomic E-state index is 0.125. The SMILES string of the molecule is CCN1C(=O)/C(=C/c2cc(Br)c(OCc3ccc(Cl)c(Cl)c3)c(OC)c2)N(C)C1=S. The lowest BCUT2D eigenvalue weighted by molar-refractivity contribution is -0.122. The first-order valence-electron chi connectivity index (χ1n) is 9.02. The van der Waals surface area contributed by atoms with Crippen LogP contribution in [-0.4, -0.2) is 41.5 Å². The normalized spacial score (nSPS) is 15.3. The van der Waals surface area contributed by atoms with Gasteiger partial charge in [-0.1, -0.05) is 29.3 Å². The van der Waals surface area contributed by atoms with E-state index in [0.717, 1.165) is 11.1 Å². The summed E-state index contributed by atoms with van der Waals surface area (Å²) in [5, 5.41) is 1.45. The molecule has 5 nitrogen and oxygen atoms in total. The summed E-state index contributed by atoms with van der Waals surface area (Å²) in [7, 11) is 3.34. The Bertz CT molecular complexity index is 1050. The zero-order valence-electron chi connectivity index (χ0n) is 16.5. The van der Waals surface area contributed by atoms with Gasteiger partial charge >= 0.3 is 0 Å². The van der Waals surface area contributed by atoms with Gasteiger partial charge in [0.2, 0.25) is 0 Å². The standard InChI is InChI=1S/C21H19BrCl2N2O3S/c1-4-26-20(27)17(25(2)21(26)30)9-13-7-14(22)19(18(10-13)28-3)29-11-12-5-6-15(23)16(24)8-12/h5-10H,4,11H2,1-3H3/b17-9-. The summed E-state index contributed by atoms with van der Waals surface area (Å²) in [6, 6.07) is 8.99. The summed E-state index contributed by atoms with van der Waals surface area (Å²) in [5.74, 6) is 0.946. The number of hydrogen-bond donors (Lipinski definition) is 0. The van der Waals surface area contributed by atoms with E-state index in [9.17, 15) is 4.79 Å². The molecule has 0 bridgehead atoms. The molecule has 1 aliphatic heterocycles. The molecular formula is C21H19BrCl2N2O3S. The molecule has 3 rings (SSSR count). The Labute approximate surface area is 199 Å². The van der Waals surface area contributed by atoms with Gasteiger partial charge in [-0.25, -0.2) is 0 Å². The van der Waals surface area contributed by atoms with E-state index in [1.54, 1.807) is 48.2 Å². The molecule has 0 saturated carbocycles. The molecule has 30 heavy (non-hydrogen) atoms. The average molecular weight is 530 g/mol. The second kappa shape index (κ2) is 9.56. The van der Waals surface area contributed by atoms with Crippen LogP contribution in [0.4, 0.5) is 0 Å². The molecule has 0 unspecified atom stereocenters. The fourth-order valence-corrected chi connectivity index (χ4v) is 4.20. The summed E-state index contributed by atoms with van der Waals surface area (Å²) < 4.78 is 12.2. The molecule has 1 aliphatic rings. The average Bonchev–Trinajstić information content (AvgIpc) is 2.92. The quantitative estimate of drug-likeness (QED) is 0.351. The fraction of sp³-hybridized carbons (Fsp3) is 0.238. The van der Waals surface area contributed by atoms with Crippen molar-refractivity contribution in [3.05, 3.63) is 61.7 Å². The molecule has 0 atom stereocenters. The highest BCUT2D eigenvalue weighted by molar-refractivity contribution is 9.10. The Morgan fingerprint density at radius 1 is 1.20 bits per heavy atom. The highest BCUT2D eigenvalue weighted by Crippen LogP contribution is 2.38. The van der Waals surface area contributed by atoms with Gasteiger partial charge in [0.05, 0.1) is 21.6 Å². The molecule has 1 heterocycles. The van der Waals surface area contributed by atoms with Crippen LogP contribution in [0.15, 0.2) is 40.5 Å². The molecule has 0 radical (unpaired) electrons. The summed E-state index contributed by atoms with van der Waals surface area (Å²) >= 11 is 20.9. The predicted octanol–water partition coefficient (Wildman–Crippen LogP) is 5.76. The predicted molar refractivity (Wildman–Crippen MR) is 127 cm³/mol. The largest absolute Gasteiger partial charge is 0.493 e. The van der Waals surface area contributed by atoms with Gasteiger partial charge in [0, 0.05) is 13.6 Å². The monoisotopic (exact) mass is 528 g/mol. The third-order valence-electron chi connectivity index (χ3n) is 4.58. The van der Waals surface area contributed by atoms with Crippen LogP contribution in [0.3, 0.4) is 0 Å². The van der Waals surface area contributed by atoms with Crippen molar-refractivity contribution in [1.82, 2.24) is 9.80 Å². The number of halogens is 3. The number of ether oxygens (including phenoxy) is 2. The lowest BCUT2D eigenvalue weighted by Gasteiger charge is -2.15. The first kappa shape index (κ1) is 22.9. The maximum absolute atomic E-state index is 12.6. The zero-order chi connectivity index (χ0) is 22.0. The number of amides is 1. The van der Waals surface area contributed by atoms with Crippen LogP contribution in [-0.2, 0) is 11.4 Å². The second-order valence-corrected chi connectivity index (χ2v) is 8.53. The topological polar surface area (TPSA) is 42.0 Å². The number of thiocarbonyl (C=S) groups is 1. The minimum Gasteiger partial charge on any atom is -0.493 e. The van der Waals surface area contributed by atoms with Crippen molar-refractivity contribution in [2.24, 2.45) is 0 Å². The van der Waals surface area contributed by atoms with Crippen molar-refractivity contribution in [3.63, 3.8) is 0 Å². The third kappa shape index (κ3) is 4.59. The molecule has 158 valence electrons. The zero-order valence-corrected chi connectivity index (χ0v) is 20.5. The van der Waals surface area contributed by atoms with Crippen molar-refractivity contribution in [3.8, 4) is 11.5 Å². The first-order chi connectivity index (χ1) is 14.3. The van der Waals surface area contributed by atoms with Gasteiger partial charge < -0.3 is 14.4 Å². The summed E-state index contributed by atoms with van der Waals surface area (Å²) in [5.41, 5.74) is 2.15. The highest BCUT2D eigenvalue weighted by Gasteiger charge is 2.34. The van der Waals surface area contributed by atoms with E-state index < -0.39 is 0 Å². The smallest absolute Gasteiger partial charge is 0.276 e. The number of hydrogen-bond acceptors (Lipinski definition) is 4. The van der Waals surface area contributed by atoms with Crippen molar-refractivity contribution in [1.29, 1.82) is 0 Å². The molecule has 2 aromatic rings. The number of nitrogens with zero attached hydrogens (tertiary/aromatic N) is 2. The molecule has 0 N–H and O–H groups in total. The van der Waals surface area contributed by atoms with E-state index in [2.05, 4.69) is 15.9 Å². The molecular weight excluding hydrogens is 511 g/mol. The Kier molecular flexibility index (Phi) is 7.29. The number of carbonyl (C=O) groups excluding carboxylic acids is 1. The van der Waals surface area contributed by atoms with E-state index in [-0.39, 0.29) is 12.5 Å². The van der Waals surface area contributed by atoms with Crippen molar-refractivity contribution < 1.29 is 14.3 Å². The van der Waals surface area contributed by atoms with Crippen LogP contribution in [0.1, 0.15) is 18.1 Å². The van der Waals surface area contributed by atoms with Crippen LogP contribution in [0.2, 0.25) is 10.0 Å². The molecule has 9 heteroatoms. The number of methoxy groups -OCH3 is 1. The third-order valence-corrected chi connectivity index (χ3v) is 6.40. The van der Waals surface area contributed by atoms with E-state index >= 15 is 0 Å². The van der Waals surface area contributed by atoms with E-state index in [4.69, 9.17) is 44.9 Å². The maximum atomic E-state index is 12.6. The first-order valence-corrected chi connectivity index (χ1v) is 11.0. The molecule has 1 saturated heterocycles. The van der Waals surface area contributed by atoms with Crippen LogP contribution in [0, 0.1) is 0 Å². The highest BCUT2D eigenvalue weighted by atomic mass is 79.9. The van der Waals surface area contributed by atoms with Crippen molar-refractivity contribution in [2.45, 2.75) is 13.5 Å². The Morgan fingerprint density at radius 3 is 2.53 bits per heavy atom. The van der Waals surface area contributed by atoms with Crippen LogP contribution < -0.4 is 9.47 Å². The van der Waals surface area contributed by atoms with E-state index in [1.807, 2.05) is 19.1 Å². The molecule has 0 spiro atoms. The van der Waals surface area contributed by atoms with Crippen LogP contribution >= 0.6 is 51.3 Å². The fourth-order valence-electron chi connectivity index (χ4n) is 3.00. The van der Waals surface area contributed by atoms with Gasteiger partial charge in [-0.2, -0.15) is 0 Å². The van der Waals surface area contributed by atoms with Crippen molar-refractivity contribution in [2.75, 3.05) is 20.7 Å². The number of benzene rings is 2. The molecule has 2 aromatic carbocycles. The maximum Gasteiger partial charge on any atom is 0.276 e. The molecule has 0 aliphatic carbocycles. The van der Waals surface area contributed by atoms with Crippen LogP contribution in [0.25, 0.3) is 6.08 Å². The van der Waals surface area contributed by atoms with Gasteiger partial charge in [-0.3, -0.25) is 9.69 Å². The van der Waals surface area contributed by atoms with E-state index in [0.29, 0.717) is 43.4 Å². The lowest BCUT2D eigenvalue weighted by Crippen LogP contribution is -2.30. The van der Waals surface area contributed by atoms with E-state index in [1.165, 1.54) is 0 Å². The van der Waals surface area contributed by atoms with Crippen LogP contribution in [0.5, 0.6) is 11.5 Å². The summed E-state index contributed by atoms with van der Waals surface area (Å²) in [6.45, 7) is 2.70. The Morgan fingerprint density at radius 2 is 1.93 bits per heavy atom. The summed E-state index contributed by atoms with van der Waals surface area (Å²) in [4.78, 5) is 15.9. The van der Waals surface area contributed by atoms with Gasteiger partial charge in [0.25, 0.3) is 5.91 Å². The second-order valence-electron chi connectivity index (χ2n) is 6.49. The Balaban J connectivity index is 1.88. The molecule has 1 amide bonds. The molecule has 1 fully saturated rings. The Hall–Kier alpha value is -1.80. The number of rotatable bonds is 6. The lowest BCUT2D eigenvalue weighted by atomic mass is 10.1. The van der Waals surface area contributed by atoms with Gasteiger partial charge in [-0.15, -0.1) is 0 Å². The van der Waals surface area contributed by atoms with Crippen molar-refractivity contribution >= 4 is 68.4 Å². The molecule has 0 aromatic heterocycles. The van der Waals surface area contributed by atoms with Gasteiger partial charge in [-0.05, 0) is 76.5 Å². The number of likely N-dealkylation sites (N-methyl/N-ethyl adjacent to an activating group) is 2. The summed E-state index contributed by atoms with van der Waals surface area (Å²) in [6.07, 6.45) is 1.78.